The van der Waals surface area contributed by atoms with Gasteiger partial charge in [-0.15, -0.1) is 9.67 Å². The van der Waals surface area contributed by atoms with Gasteiger partial charge in [0.05, 0.1) is 14.2 Å². The molecule has 2 heterocycles. The van der Waals surface area contributed by atoms with Crippen LogP contribution in [0.3, 0.4) is 0 Å². The second kappa shape index (κ2) is 5.47. The van der Waals surface area contributed by atoms with E-state index in [1.165, 1.54) is 14.2 Å². The summed E-state index contributed by atoms with van der Waals surface area (Å²) in [6.07, 6.45) is 1.54. The topological polar surface area (TPSA) is 110 Å². The summed E-state index contributed by atoms with van der Waals surface area (Å²) in [6.45, 7) is 3.67. The molecule has 0 aliphatic rings. The number of hydrogen-bond donors (Lipinski definition) is 0. The number of hydrogen-bond acceptors (Lipinski definition) is 8. The molecule has 0 atom stereocenters. The van der Waals surface area contributed by atoms with E-state index in [1.807, 2.05) is 13.8 Å². The summed E-state index contributed by atoms with van der Waals surface area (Å²) in [4.78, 5) is 23.8. The van der Waals surface area contributed by atoms with Gasteiger partial charge in [0, 0.05) is 6.20 Å². The van der Waals surface area contributed by atoms with Gasteiger partial charge in [0.25, 0.3) is 5.95 Å². The number of aromatic nitrogens is 7. The van der Waals surface area contributed by atoms with Crippen LogP contribution in [0.5, 0.6) is 12.0 Å². The van der Waals surface area contributed by atoms with Crippen molar-refractivity contribution in [2.45, 2.75) is 13.8 Å². The van der Waals surface area contributed by atoms with Crippen LogP contribution in [0.15, 0.2) is 10.4 Å². The Morgan fingerprint density at radius 1 is 1.05 bits per heavy atom. The van der Waals surface area contributed by atoms with Crippen molar-refractivity contribution in [3.05, 3.63) is 16.1 Å². The molecule has 0 aromatic carbocycles. The third-order valence-corrected chi connectivity index (χ3v) is 2.12. The van der Waals surface area contributed by atoms with Crippen molar-refractivity contribution in [1.82, 2.24) is 34.7 Å². The monoisotopic (exact) mass is 279 g/mol. The highest BCUT2D eigenvalue weighted by molar-refractivity contribution is 5.25. The van der Waals surface area contributed by atoms with E-state index in [2.05, 4.69) is 25.4 Å². The van der Waals surface area contributed by atoms with Gasteiger partial charge in [-0.1, -0.05) is 5.57 Å². The van der Waals surface area contributed by atoms with Crippen LogP contribution in [-0.2, 0) is 0 Å². The maximum absolute atomic E-state index is 12.1. The molecule has 0 bridgehead atoms. The van der Waals surface area contributed by atoms with Gasteiger partial charge in [0.1, 0.15) is 0 Å². The van der Waals surface area contributed by atoms with Crippen molar-refractivity contribution < 1.29 is 9.47 Å². The van der Waals surface area contributed by atoms with Gasteiger partial charge in [-0.3, -0.25) is 0 Å². The number of ether oxygens (including phenoxy) is 2. The van der Waals surface area contributed by atoms with Crippen LogP contribution in [0, 0.1) is 0 Å². The van der Waals surface area contributed by atoms with E-state index in [-0.39, 0.29) is 18.0 Å². The molecule has 106 valence electrons. The molecular weight excluding hydrogens is 266 g/mol. The minimum absolute atomic E-state index is 0.00974. The van der Waals surface area contributed by atoms with E-state index < -0.39 is 5.69 Å². The van der Waals surface area contributed by atoms with Gasteiger partial charge < -0.3 is 9.47 Å². The normalized spacial score (nSPS) is 10.2. The summed E-state index contributed by atoms with van der Waals surface area (Å²) >= 11 is 0. The van der Waals surface area contributed by atoms with Crippen molar-refractivity contribution in [1.29, 1.82) is 0 Å². The van der Waals surface area contributed by atoms with Crippen LogP contribution < -0.4 is 15.2 Å². The van der Waals surface area contributed by atoms with Crippen molar-refractivity contribution in [3.63, 3.8) is 0 Å². The molecule has 2 rings (SSSR count). The van der Waals surface area contributed by atoms with Crippen molar-refractivity contribution in [2.75, 3.05) is 14.2 Å². The lowest BCUT2D eigenvalue weighted by Gasteiger charge is -2.02. The standard InChI is InChI=1S/C10H13N7O3/c1-6(2)5-16-10(18)17(15-14-16)7-11-8(19-3)13-9(12-7)20-4/h5H,1-4H3. The van der Waals surface area contributed by atoms with Gasteiger partial charge in [0.2, 0.25) is 0 Å². The number of tetrazole rings is 1. The van der Waals surface area contributed by atoms with Crippen molar-refractivity contribution >= 4 is 6.20 Å². The van der Waals surface area contributed by atoms with Gasteiger partial charge in [-0.05, 0) is 24.3 Å². The molecule has 0 saturated carbocycles. The maximum atomic E-state index is 12.1. The fraction of sp³-hybridized carbons (Fsp3) is 0.400. The number of methoxy groups -OCH3 is 2. The summed E-state index contributed by atoms with van der Waals surface area (Å²) in [5, 5.41) is 7.40. The van der Waals surface area contributed by atoms with E-state index in [1.54, 1.807) is 6.20 Å². The highest BCUT2D eigenvalue weighted by Crippen LogP contribution is 2.09. The summed E-state index contributed by atoms with van der Waals surface area (Å²) in [7, 11) is 2.78. The van der Waals surface area contributed by atoms with E-state index in [9.17, 15) is 4.79 Å². The maximum Gasteiger partial charge on any atom is 0.375 e. The fourth-order valence-corrected chi connectivity index (χ4v) is 1.31. The Hall–Kier alpha value is -2.78. The Kier molecular flexibility index (Phi) is 3.73. The quantitative estimate of drug-likeness (QED) is 0.737. The van der Waals surface area contributed by atoms with Gasteiger partial charge in [0.15, 0.2) is 0 Å². The molecule has 20 heavy (non-hydrogen) atoms. The van der Waals surface area contributed by atoms with Crippen molar-refractivity contribution in [3.8, 4) is 18.0 Å². The molecule has 2 aromatic heterocycles. The summed E-state index contributed by atoms with van der Waals surface area (Å²) < 4.78 is 11.8. The minimum atomic E-state index is -0.512. The van der Waals surface area contributed by atoms with E-state index >= 15 is 0 Å². The predicted molar refractivity (Wildman–Crippen MR) is 67.7 cm³/mol. The molecule has 0 unspecified atom stereocenters. The molecule has 2 aromatic rings. The lowest BCUT2D eigenvalue weighted by molar-refractivity contribution is 0.337. The Bertz CT molecular complexity index is 677. The Morgan fingerprint density at radius 2 is 1.65 bits per heavy atom. The Balaban J connectivity index is 2.54. The molecule has 0 spiro atoms. The second-order valence-corrected chi connectivity index (χ2v) is 3.93. The van der Waals surface area contributed by atoms with Gasteiger partial charge in [-0.2, -0.15) is 14.6 Å². The summed E-state index contributed by atoms with van der Waals surface area (Å²) in [5.41, 5.74) is 0.381. The molecule has 0 aliphatic heterocycles. The van der Waals surface area contributed by atoms with Crippen LogP contribution in [0.1, 0.15) is 13.8 Å². The zero-order chi connectivity index (χ0) is 14.7. The van der Waals surface area contributed by atoms with Crippen LogP contribution in [0.25, 0.3) is 12.1 Å². The van der Waals surface area contributed by atoms with E-state index in [0.717, 1.165) is 14.9 Å². The van der Waals surface area contributed by atoms with E-state index in [4.69, 9.17) is 9.47 Å². The zero-order valence-electron chi connectivity index (χ0n) is 11.4. The predicted octanol–water partition coefficient (Wildman–Crippen LogP) is -0.488. The molecule has 0 fully saturated rings. The summed E-state index contributed by atoms with van der Waals surface area (Å²) in [6, 6.07) is 0.0195. The van der Waals surface area contributed by atoms with Crippen LogP contribution in [-0.4, -0.2) is 49.0 Å². The fourth-order valence-electron chi connectivity index (χ4n) is 1.31. The SMILES string of the molecule is COc1nc(OC)nc(-n2nnn(C=C(C)C)c2=O)n1. The van der Waals surface area contributed by atoms with E-state index in [0.29, 0.717) is 0 Å². The molecule has 0 N–H and O–H groups in total. The Morgan fingerprint density at radius 3 is 2.15 bits per heavy atom. The third-order valence-electron chi connectivity index (χ3n) is 2.12. The number of rotatable bonds is 4. The first-order valence-electron chi connectivity index (χ1n) is 5.59. The minimum Gasteiger partial charge on any atom is -0.467 e. The van der Waals surface area contributed by atoms with Crippen LogP contribution in [0.4, 0.5) is 0 Å². The van der Waals surface area contributed by atoms with Crippen molar-refractivity contribution in [2.24, 2.45) is 0 Å². The van der Waals surface area contributed by atoms with Crippen LogP contribution in [0.2, 0.25) is 0 Å². The Labute approximate surface area is 113 Å². The largest absolute Gasteiger partial charge is 0.467 e. The third kappa shape index (κ3) is 2.63. The lowest BCUT2D eigenvalue weighted by Crippen LogP contribution is -2.23. The molecule has 0 radical (unpaired) electrons. The average molecular weight is 279 g/mol. The highest BCUT2D eigenvalue weighted by atomic mass is 16.5. The summed E-state index contributed by atoms with van der Waals surface area (Å²) in [5.74, 6) is -0.0351. The van der Waals surface area contributed by atoms with Gasteiger partial charge >= 0.3 is 17.7 Å². The second-order valence-electron chi connectivity index (χ2n) is 3.93. The molecule has 0 aliphatic carbocycles. The molecule has 10 nitrogen and oxygen atoms in total. The first kappa shape index (κ1) is 13.6. The highest BCUT2D eigenvalue weighted by Gasteiger charge is 2.14. The number of nitrogens with zero attached hydrogens (tertiary/aromatic N) is 7. The first-order chi connectivity index (χ1) is 9.55. The lowest BCUT2D eigenvalue weighted by atomic mass is 10.4. The molecule has 0 saturated heterocycles. The van der Waals surface area contributed by atoms with Gasteiger partial charge in [-0.25, -0.2) is 4.79 Å². The van der Waals surface area contributed by atoms with Crippen LogP contribution >= 0.6 is 0 Å². The average Bonchev–Trinajstić information content (AvgIpc) is 2.79. The number of allylic oxidation sites excluding steroid dienone is 1. The zero-order valence-corrected chi connectivity index (χ0v) is 11.4. The molecular formula is C10H13N7O3. The smallest absolute Gasteiger partial charge is 0.375 e. The first-order valence-corrected chi connectivity index (χ1v) is 5.59. The molecule has 0 amide bonds. The molecule has 10 heteroatoms.